The lowest BCUT2D eigenvalue weighted by Gasteiger charge is -2.19. The van der Waals surface area contributed by atoms with E-state index in [0.717, 1.165) is 12.5 Å². The number of hydrogen-bond acceptors (Lipinski definition) is 5. The first-order chi connectivity index (χ1) is 8.11. The average Bonchev–Trinajstić information content (AvgIpc) is 2.13. The van der Waals surface area contributed by atoms with Crippen LogP contribution in [-0.2, 0) is 24.7 Å². The van der Waals surface area contributed by atoms with Gasteiger partial charge in [-0.15, -0.1) is 0 Å². The highest BCUT2D eigenvalue weighted by Gasteiger charge is 2.27. The Balaban J connectivity index is 3.21. The molecule has 1 amide bonds. The van der Waals surface area contributed by atoms with Gasteiger partial charge in [0.15, 0.2) is 9.84 Å². The second kappa shape index (κ2) is 5.07. The van der Waals surface area contributed by atoms with Gasteiger partial charge in [-0.1, -0.05) is 18.2 Å². The van der Waals surface area contributed by atoms with Gasteiger partial charge >= 0.3 is 0 Å². The highest BCUT2D eigenvalue weighted by Crippen LogP contribution is 2.17. The van der Waals surface area contributed by atoms with Gasteiger partial charge in [0.25, 0.3) is 5.91 Å². The Labute approximate surface area is 106 Å². The number of para-hydroxylation sites is 1. The molecule has 8 heteroatoms. The number of carbonyl (C=O) groups excluding carboxylic acids is 1. The summed E-state index contributed by atoms with van der Waals surface area (Å²) < 4.78 is 45.8. The maximum atomic E-state index is 11.8. The minimum atomic E-state index is -3.87. The smallest absolute Gasteiger partial charge is 0.255 e. The van der Waals surface area contributed by atoms with Crippen molar-refractivity contribution in [3.05, 3.63) is 30.3 Å². The summed E-state index contributed by atoms with van der Waals surface area (Å²) in [5.74, 6) is -1.85. The van der Waals surface area contributed by atoms with Gasteiger partial charge in [0.05, 0.1) is 11.9 Å². The molecule has 1 aromatic carbocycles. The number of benzene rings is 1. The van der Waals surface area contributed by atoms with E-state index in [1.807, 2.05) is 0 Å². The number of rotatable bonds is 4. The normalized spacial score (nSPS) is 12.1. The highest BCUT2D eigenvalue weighted by molar-refractivity contribution is 7.94. The number of anilines is 1. The molecular formula is C10H13NO5S2. The topological polar surface area (TPSA) is 88.6 Å². The maximum Gasteiger partial charge on any atom is 0.255 e. The predicted octanol–water partition coefficient (Wildman–Crippen LogP) is 0.0238. The van der Waals surface area contributed by atoms with Crippen LogP contribution in [0.5, 0.6) is 0 Å². The Hall–Kier alpha value is -1.41. The first-order valence-corrected chi connectivity index (χ1v) is 8.78. The van der Waals surface area contributed by atoms with Gasteiger partial charge in [-0.25, -0.2) is 21.1 Å². The SMILES string of the molecule is CS(=O)(=O)CC(=O)N(c1ccccc1)S(C)(=O)=O. The Morgan fingerprint density at radius 2 is 1.56 bits per heavy atom. The van der Waals surface area contributed by atoms with Gasteiger partial charge in [-0.2, -0.15) is 0 Å². The number of nitrogens with zero attached hydrogens (tertiary/aromatic N) is 1. The second-order valence-corrected chi connectivity index (χ2v) is 7.80. The van der Waals surface area contributed by atoms with Crippen LogP contribution in [0.2, 0.25) is 0 Å². The third kappa shape index (κ3) is 4.11. The van der Waals surface area contributed by atoms with Crippen molar-refractivity contribution in [1.29, 1.82) is 0 Å². The minimum absolute atomic E-state index is 0.119. The number of sulfonamides is 1. The predicted molar refractivity (Wildman–Crippen MR) is 68.5 cm³/mol. The van der Waals surface area contributed by atoms with Crippen LogP contribution in [-0.4, -0.2) is 41.0 Å². The lowest BCUT2D eigenvalue weighted by Crippen LogP contribution is -2.39. The van der Waals surface area contributed by atoms with Crippen molar-refractivity contribution in [2.45, 2.75) is 0 Å². The highest BCUT2D eigenvalue weighted by atomic mass is 32.2. The average molecular weight is 291 g/mol. The Kier molecular flexibility index (Phi) is 4.12. The first-order valence-electron chi connectivity index (χ1n) is 4.87. The lowest BCUT2D eigenvalue weighted by molar-refractivity contribution is -0.115. The van der Waals surface area contributed by atoms with Crippen LogP contribution in [0, 0.1) is 0 Å². The Bertz CT molecular complexity index is 634. The molecule has 0 unspecified atom stereocenters. The van der Waals surface area contributed by atoms with Gasteiger partial charge in [-0.05, 0) is 12.1 Å². The molecule has 0 saturated heterocycles. The summed E-state index contributed by atoms with van der Waals surface area (Å²) in [4.78, 5) is 11.8. The number of hydrogen-bond donors (Lipinski definition) is 0. The molecule has 0 aliphatic rings. The molecule has 0 atom stereocenters. The molecule has 0 N–H and O–H groups in total. The fourth-order valence-electron chi connectivity index (χ4n) is 1.37. The Morgan fingerprint density at radius 1 is 1.06 bits per heavy atom. The fraction of sp³-hybridized carbons (Fsp3) is 0.300. The minimum Gasteiger partial charge on any atom is -0.272 e. The zero-order valence-electron chi connectivity index (χ0n) is 9.90. The van der Waals surface area contributed by atoms with E-state index in [1.165, 1.54) is 12.1 Å². The summed E-state index contributed by atoms with van der Waals surface area (Å²) in [5, 5.41) is 0. The molecule has 0 saturated carbocycles. The van der Waals surface area contributed by atoms with Crippen LogP contribution in [0.4, 0.5) is 5.69 Å². The third-order valence-corrected chi connectivity index (χ3v) is 3.78. The van der Waals surface area contributed by atoms with Crippen LogP contribution in [0.15, 0.2) is 30.3 Å². The molecule has 1 rings (SSSR count). The molecule has 1 aromatic rings. The summed E-state index contributed by atoms with van der Waals surface area (Å²) in [6.07, 6.45) is 1.72. The first kappa shape index (κ1) is 14.7. The molecule has 0 aromatic heterocycles. The molecule has 6 nitrogen and oxygen atoms in total. The van der Waals surface area contributed by atoms with Crippen molar-refractivity contribution in [1.82, 2.24) is 0 Å². The van der Waals surface area contributed by atoms with E-state index < -0.39 is 31.5 Å². The van der Waals surface area contributed by atoms with Gasteiger partial charge in [0.2, 0.25) is 10.0 Å². The van der Waals surface area contributed by atoms with E-state index >= 15 is 0 Å². The number of sulfone groups is 1. The van der Waals surface area contributed by atoms with Crippen LogP contribution >= 0.6 is 0 Å². The van der Waals surface area contributed by atoms with Crippen molar-refractivity contribution in [2.75, 3.05) is 22.6 Å². The second-order valence-electron chi connectivity index (χ2n) is 3.83. The molecule has 0 heterocycles. The zero-order chi connectivity index (χ0) is 14.0. The summed E-state index contributed by atoms with van der Waals surface area (Å²) in [6.45, 7) is 0. The molecule has 0 aliphatic carbocycles. The van der Waals surface area contributed by atoms with Crippen molar-refractivity contribution in [3.8, 4) is 0 Å². The van der Waals surface area contributed by atoms with Gasteiger partial charge in [0.1, 0.15) is 5.75 Å². The van der Waals surface area contributed by atoms with E-state index in [4.69, 9.17) is 0 Å². The van der Waals surface area contributed by atoms with E-state index in [1.54, 1.807) is 18.2 Å². The van der Waals surface area contributed by atoms with Gasteiger partial charge in [-0.3, -0.25) is 4.79 Å². The molecule has 0 spiro atoms. The molecule has 100 valence electrons. The van der Waals surface area contributed by atoms with Gasteiger partial charge in [0, 0.05) is 6.26 Å². The lowest BCUT2D eigenvalue weighted by atomic mass is 10.3. The zero-order valence-corrected chi connectivity index (χ0v) is 11.5. The molecule has 0 fully saturated rings. The third-order valence-electron chi connectivity index (χ3n) is 1.93. The van der Waals surface area contributed by atoms with Crippen molar-refractivity contribution >= 4 is 31.5 Å². The molecule has 0 aliphatic heterocycles. The van der Waals surface area contributed by atoms with Crippen molar-refractivity contribution in [3.63, 3.8) is 0 Å². The van der Waals surface area contributed by atoms with E-state index in [-0.39, 0.29) is 5.69 Å². The van der Waals surface area contributed by atoms with E-state index in [2.05, 4.69) is 0 Å². The Morgan fingerprint density at radius 3 is 1.94 bits per heavy atom. The molecule has 0 radical (unpaired) electrons. The van der Waals surface area contributed by atoms with Crippen LogP contribution in [0.1, 0.15) is 0 Å². The molecule has 18 heavy (non-hydrogen) atoms. The van der Waals surface area contributed by atoms with Crippen LogP contribution in [0.3, 0.4) is 0 Å². The number of carbonyl (C=O) groups is 1. The summed E-state index contributed by atoms with van der Waals surface area (Å²) in [6, 6.07) is 7.61. The van der Waals surface area contributed by atoms with E-state index in [0.29, 0.717) is 4.31 Å². The fourth-order valence-corrected chi connectivity index (χ4v) is 2.97. The summed E-state index contributed by atoms with van der Waals surface area (Å²) >= 11 is 0. The molecule has 0 bridgehead atoms. The summed E-state index contributed by atoms with van der Waals surface area (Å²) in [5.41, 5.74) is 0.119. The quantitative estimate of drug-likeness (QED) is 0.780. The van der Waals surface area contributed by atoms with Gasteiger partial charge < -0.3 is 0 Å². The van der Waals surface area contributed by atoms with Crippen molar-refractivity contribution < 1.29 is 21.6 Å². The van der Waals surface area contributed by atoms with E-state index in [9.17, 15) is 21.6 Å². The maximum absolute atomic E-state index is 11.8. The number of amides is 1. The van der Waals surface area contributed by atoms with Crippen LogP contribution < -0.4 is 4.31 Å². The monoisotopic (exact) mass is 291 g/mol. The standard InChI is InChI=1S/C10H13NO5S2/c1-17(13,14)8-10(12)11(18(2,15)16)9-6-4-3-5-7-9/h3-7H,8H2,1-2H3. The summed E-state index contributed by atoms with van der Waals surface area (Å²) in [7, 11) is -7.46. The molecular weight excluding hydrogens is 278 g/mol. The largest absolute Gasteiger partial charge is 0.272 e. The van der Waals surface area contributed by atoms with Crippen molar-refractivity contribution in [2.24, 2.45) is 0 Å². The van der Waals surface area contributed by atoms with Crippen LogP contribution in [0.25, 0.3) is 0 Å².